The second kappa shape index (κ2) is 2.71. The van der Waals surface area contributed by atoms with E-state index in [1.807, 2.05) is 12.3 Å². The average Bonchev–Trinajstić information content (AvgIpc) is 1.86. The lowest BCUT2D eigenvalue weighted by atomic mass is 10.8. The van der Waals surface area contributed by atoms with E-state index in [1.165, 1.54) is 0 Å². The highest BCUT2D eigenvalue weighted by Crippen LogP contribution is 1.98. The third kappa shape index (κ3) is 1.66. The quantitative estimate of drug-likeness (QED) is 0.491. The van der Waals surface area contributed by atoms with Crippen molar-refractivity contribution < 1.29 is 5.48 Å². The van der Waals surface area contributed by atoms with Crippen molar-refractivity contribution in [1.29, 1.82) is 0 Å². The molecule has 1 heterocycles. The first-order valence-corrected chi connectivity index (χ1v) is 2.63. The standard InChI is InChI=1S/C4H5NS.H2O/c1-4-5-2-3-6-4;/h2-3H,1H3;1H2. The molecule has 2 N–H and O–H groups in total. The summed E-state index contributed by atoms with van der Waals surface area (Å²) in [4.78, 5) is 3.94. The third-order valence-corrected chi connectivity index (χ3v) is 1.26. The van der Waals surface area contributed by atoms with Crippen molar-refractivity contribution >= 4 is 11.3 Å². The molecule has 1 rings (SSSR count). The summed E-state index contributed by atoms with van der Waals surface area (Å²) in [6.07, 6.45) is 1.81. The van der Waals surface area contributed by atoms with Crippen LogP contribution in [0.1, 0.15) is 5.01 Å². The second-order valence-corrected chi connectivity index (χ2v) is 2.15. The molecule has 0 aliphatic rings. The summed E-state index contributed by atoms with van der Waals surface area (Å²) in [6.45, 7) is 1.99. The number of aryl methyl sites for hydroxylation is 1. The molecule has 0 amide bonds. The first kappa shape index (κ1) is 6.59. The van der Waals surface area contributed by atoms with Crippen LogP contribution >= 0.6 is 11.3 Å². The van der Waals surface area contributed by atoms with E-state index in [-0.39, 0.29) is 5.48 Å². The van der Waals surface area contributed by atoms with E-state index in [0.29, 0.717) is 0 Å². The molecule has 0 radical (unpaired) electrons. The van der Waals surface area contributed by atoms with Crippen molar-refractivity contribution in [3.63, 3.8) is 0 Å². The smallest absolute Gasteiger partial charge is 0.0893 e. The van der Waals surface area contributed by atoms with E-state index in [4.69, 9.17) is 0 Å². The van der Waals surface area contributed by atoms with Crippen LogP contribution in [0.15, 0.2) is 11.6 Å². The van der Waals surface area contributed by atoms with Gasteiger partial charge in [0.2, 0.25) is 0 Å². The maximum Gasteiger partial charge on any atom is 0.0893 e. The van der Waals surface area contributed by atoms with Gasteiger partial charge in [0.05, 0.1) is 5.01 Å². The second-order valence-electron chi connectivity index (χ2n) is 1.05. The highest BCUT2D eigenvalue weighted by atomic mass is 32.1. The van der Waals surface area contributed by atoms with E-state index in [1.54, 1.807) is 17.5 Å². The molecular formula is C4H7NOS. The van der Waals surface area contributed by atoms with E-state index in [9.17, 15) is 0 Å². The minimum atomic E-state index is 0. The molecule has 0 aliphatic carbocycles. The molecule has 1 aromatic heterocycles. The predicted octanol–water partition coefficient (Wildman–Crippen LogP) is 0.627. The molecule has 3 heteroatoms. The Hall–Kier alpha value is -0.410. The van der Waals surface area contributed by atoms with Gasteiger partial charge in [0.1, 0.15) is 0 Å². The van der Waals surface area contributed by atoms with Crippen LogP contribution in [0, 0.1) is 6.92 Å². The van der Waals surface area contributed by atoms with Gasteiger partial charge >= 0.3 is 0 Å². The fourth-order valence-corrected chi connectivity index (χ4v) is 0.735. The van der Waals surface area contributed by atoms with E-state index < -0.39 is 0 Å². The summed E-state index contributed by atoms with van der Waals surface area (Å²) in [7, 11) is 0. The zero-order valence-corrected chi connectivity index (χ0v) is 4.83. The van der Waals surface area contributed by atoms with Crippen LogP contribution in [-0.2, 0) is 0 Å². The molecule has 0 unspecified atom stereocenters. The minimum absolute atomic E-state index is 0. The number of hydrogen-bond donors (Lipinski definition) is 0. The Kier molecular flexibility index (Phi) is 2.55. The number of thiazole rings is 1. The van der Waals surface area contributed by atoms with Crippen molar-refractivity contribution in [1.82, 2.24) is 4.98 Å². The number of rotatable bonds is 0. The number of aromatic nitrogens is 1. The van der Waals surface area contributed by atoms with Crippen LogP contribution in [0.2, 0.25) is 0 Å². The van der Waals surface area contributed by atoms with Gasteiger partial charge in [0.25, 0.3) is 0 Å². The van der Waals surface area contributed by atoms with Crippen LogP contribution in [0.5, 0.6) is 0 Å². The van der Waals surface area contributed by atoms with Gasteiger partial charge in [-0.15, -0.1) is 11.3 Å². The Morgan fingerprint density at radius 1 is 1.71 bits per heavy atom. The van der Waals surface area contributed by atoms with Crippen molar-refractivity contribution in [2.45, 2.75) is 6.92 Å². The Balaban J connectivity index is 0.000000360. The summed E-state index contributed by atoms with van der Waals surface area (Å²) >= 11 is 1.67. The van der Waals surface area contributed by atoms with Crippen LogP contribution in [0.3, 0.4) is 0 Å². The number of hydrogen-bond acceptors (Lipinski definition) is 2. The maximum atomic E-state index is 3.94. The maximum absolute atomic E-state index is 3.94. The number of nitrogens with zero attached hydrogens (tertiary/aromatic N) is 1. The molecule has 0 aliphatic heterocycles. The van der Waals surface area contributed by atoms with Gasteiger partial charge in [0, 0.05) is 11.6 Å². The molecule has 40 valence electrons. The molecular weight excluding hydrogens is 110 g/mol. The summed E-state index contributed by atoms with van der Waals surface area (Å²) in [5, 5.41) is 3.10. The van der Waals surface area contributed by atoms with Gasteiger partial charge in [0.15, 0.2) is 0 Å². The Labute approximate surface area is 46.1 Å². The van der Waals surface area contributed by atoms with Crippen molar-refractivity contribution in [2.75, 3.05) is 0 Å². The van der Waals surface area contributed by atoms with Crippen molar-refractivity contribution in [3.8, 4) is 0 Å². The van der Waals surface area contributed by atoms with Crippen LogP contribution in [0.4, 0.5) is 0 Å². The van der Waals surface area contributed by atoms with Crippen molar-refractivity contribution in [3.05, 3.63) is 16.6 Å². The molecule has 0 bridgehead atoms. The summed E-state index contributed by atoms with van der Waals surface area (Å²) in [5.74, 6) is 0. The predicted molar refractivity (Wildman–Crippen MR) is 30.5 cm³/mol. The Morgan fingerprint density at radius 3 is 2.57 bits per heavy atom. The highest BCUT2D eigenvalue weighted by molar-refractivity contribution is 7.09. The van der Waals surface area contributed by atoms with Gasteiger partial charge in [-0.05, 0) is 6.92 Å². The minimum Gasteiger partial charge on any atom is -0.412 e. The Morgan fingerprint density at radius 2 is 2.43 bits per heavy atom. The van der Waals surface area contributed by atoms with Gasteiger partial charge in [-0.3, -0.25) is 4.98 Å². The fourth-order valence-electron chi connectivity index (χ4n) is 0.295. The topological polar surface area (TPSA) is 44.4 Å². The highest BCUT2D eigenvalue weighted by Gasteiger charge is 1.76. The van der Waals surface area contributed by atoms with Crippen molar-refractivity contribution in [2.24, 2.45) is 0 Å². The van der Waals surface area contributed by atoms with Gasteiger partial charge in [-0.2, -0.15) is 0 Å². The molecule has 0 saturated heterocycles. The molecule has 0 atom stereocenters. The molecule has 2 nitrogen and oxygen atoms in total. The summed E-state index contributed by atoms with van der Waals surface area (Å²) < 4.78 is 0. The monoisotopic (exact) mass is 117 g/mol. The van der Waals surface area contributed by atoms with Gasteiger partial charge < -0.3 is 5.48 Å². The summed E-state index contributed by atoms with van der Waals surface area (Å²) in [6, 6.07) is 0. The van der Waals surface area contributed by atoms with Crippen LogP contribution in [-0.4, -0.2) is 10.5 Å². The van der Waals surface area contributed by atoms with E-state index in [0.717, 1.165) is 5.01 Å². The Bertz CT molecular complexity index is 115. The van der Waals surface area contributed by atoms with E-state index in [2.05, 4.69) is 4.98 Å². The average molecular weight is 117 g/mol. The largest absolute Gasteiger partial charge is 0.412 e. The lowest BCUT2D eigenvalue weighted by Gasteiger charge is -1.65. The first-order chi connectivity index (χ1) is 2.89. The van der Waals surface area contributed by atoms with Gasteiger partial charge in [-0.1, -0.05) is 0 Å². The zero-order chi connectivity index (χ0) is 4.41. The first-order valence-electron chi connectivity index (χ1n) is 1.75. The van der Waals surface area contributed by atoms with E-state index >= 15 is 0 Å². The van der Waals surface area contributed by atoms with Crippen LogP contribution in [0.25, 0.3) is 0 Å². The molecule has 1 aromatic rings. The third-order valence-electron chi connectivity index (χ3n) is 0.556. The van der Waals surface area contributed by atoms with Crippen LogP contribution < -0.4 is 0 Å². The molecule has 0 aromatic carbocycles. The normalized spacial score (nSPS) is 7.57. The fraction of sp³-hybridized carbons (Fsp3) is 0.250. The SMILES string of the molecule is Cc1nccs1.O. The lowest BCUT2D eigenvalue weighted by molar-refractivity contribution is 0.824. The molecule has 0 fully saturated rings. The molecule has 0 saturated carbocycles. The zero-order valence-electron chi connectivity index (χ0n) is 4.01. The molecule has 0 spiro atoms. The molecule has 7 heavy (non-hydrogen) atoms. The lowest BCUT2D eigenvalue weighted by Crippen LogP contribution is -1.56. The van der Waals surface area contributed by atoms with Gasteiger partial charge in [-0.25, -0.2) is 0 Å². The summed E-state index contributed by atoms with van der Waals surface area (Å²) in [5.41, 5.74) is 0.